The van der Waals surface area contributed by atoms with Gasteiger partial charge in [0.15, 0.2) is 3.92 Å². The number of aromatic nitrogens is 2. The zero-order chi connectivity index (χ0) is 13.1. The lowest BCUT2D eigenvalue weighted by Gasteiger charge is -2.05. The number of halogens is 3. The molecular weight excluding hydrogens is 363 g/mol. The Bertz CT molecular complexity index is 592. The molecule has 9 heteroatoms. The Morgan fingerprint density at radius 1 is 1.22 bits per heavy atom. The van der Waals surface area contributed by atoms with Crippen molar-refractivity contribution in [1.82, 2.24) is 10.2 Å². The molecule has 94 valence electrons. The minimum absolute atomic E-state index is 0.369. The van der Waals surface area contributed by atoms with Crippen LogP contribution in [0.2, 0.25) is 10.0 Å². The largest absolute Gasteiger partial charge is 0.325 e. The Morgan fingerprint density at radius 3 is 2.61 bits per heavy atom. The van der Waals surface area contributed by atoms with Crippen molar-refractivity contribution < 1.29 is 4.79 Å². The first-order chi connectivity index (χ1) is 8.54. The van der Waals surface area contributed by atoms with Crippen LogP contribution in [0.4, 0.5) is 15.6 Å². The fourth-order valence-electron chi connectivity index (χ4n) is 1.09. The van der Waals surface area contributed by atoms with Gasteiger partial charge >= 0.3 is 6.03 Å². The second kappa shape index (κ2) is 5.83. The van der Waals surface area contributed by atoms with Gasteiger partial charge in [0.1, 0.15) is 0 Å². The monoisotopic (exact) mass is 366 g/mol. The number of nitrogens with zero attached hydrogens (tertiary/aromatic N) is 2. The van der Waals surface area contributed by atoms with E-state index in [1.54, 1.807) is 18.2 Å². The van der Waals surface area contributed by atoms with Gasteiger partial charge in [0.05, 0.1) is 10.0 Å². The van der Waals surface area contributed by atoms with Gasteiger partial charge in [-0.15, -0.1) is 10.2 Å². The number of anilines is 2. The molecule has 18 heavy (non-hydrogen) atoms. The van der Waals surface area contributed by atoms with Gasteiger partial charge < -0.3 is 5.32 Å². The Balaban J connectivity index is 2.00. The molecule has 1 aromatic carbocycles. The lowest BCUT2D eigenvalue weighted by atomic mass is 10.3. The number of nitrogens with one attached hydrogen (secondary N) is 2. The number of benzene rings is 1. The molecule has 0 aliphatic heterocycles. The number of carbonyl (C=O) groups excluding carboxylic acids is 1. The van der Waals surface area contributed by atoms with Gasteiger partial charge in [0, 0.05) is 5.69 Å². The fraction of sp³-hybridized carbons (Fsp3) is 0. The topological polar surface area (TPSA) is 66.9 Å². The Labute approximate surface area is 125 Å². The quantitative estimate of drug-likeness (QED) is 0.833. The number of amides is 2. The Kier molecular flexibility index (Phi) is 4.39. The van der Waals surface area contributed by atoms with E-state index in [1.165, 1.54) is 11.3 Å². The van der Waals surface area contributed by atoms with Crippen LogP contribution in [0.15, 0.2) is 22.1 Å². The van der Waals surface area contributed by atoms with Gasteiger partial charge in [-0.1, -0.05) is 34.5 Å². The summed E-state index contributed by atoms with van der Waals surface area (Å²) in [4.78, 5) is 11.6. The van der Waals surface area contributed by atoms with Crippen molar-refractivity contribution in [2.45, 2.75) is 0 Å². The molecule has 0 aliphatic carbocycles. The number of hydrogen-bond acceptors (Lipinski definition) is 4. The van der Waals surface area contributed by atoms with Crippen molar-refractivity contribution in [2.24, 2.45) is 0 Å². The van der Waals surface area contributed by atoms with E-state index in [0.29, 0.717) is 24.8 Å². The SMILES string of the molecule is O=C(Nc1ccc(Cl)c(Cl)c1)Nc1nnc(Br)s1. The maximum atomic E-state index is 11.6. The third-order valence-electron chi connectivity index (χ3n) is 1.80. The first kappa shape index (κ1) is 13.5. The van der Waals surface area contributed by atoms with Crippen LogP contribution in [0.1, 0.15) is 0 Å². The molecule has 1 aromatic heterocycles. The lowest BCUT2D eigenvalue weighted by Crippen LogP contribution is -2.19. The molecule has 0 saturated carbocycles. The molecule has 2 amide bonds. The van der Waals surface area contributed by atoms with E-state index in [0.717, 1.165) is 0 Å². The van der Waals surface area contributed by atoms with E-state index in [4.69, 9.17) is 23.2 Å². The zero-order valence-corrected chi connectivity index (χ0v) is 12.5. The van der Waals surface area contributed by atoms with Gasteiger partial charge in [-0.05, 0) is 34.1 Å². The summed E-state index contributed by atoms with van der Waals surface area (Å²) in [6, 6.07) is 4.36. The van der Waals surface area contributed by atoms with E-state index < -0.39 is 6.03 Å². The van der Waals surface area contributed by atoms with Crippen LogP contribution in [0.5, 0.6) is 0 Å². The highest BCUT2D eigenvalue weighted by atomic mass is 79.9. The minimum atomic E-state index is -0.433. The van der Waals surface area contributed by atoms with Crippen LogP contribution in [-0.2, 0) is 0 Å². The third-order valence-corrected chi connectivity index (χ3v) is 3.81. The van der Waals surface area contributed by atoms with Gasteiger partial charge in [-0.3, -0.25) is 5.32 Å². The fourth-order valence-corrected chi connectivity index (χ4v) is 2.39. The summed E-state index contributed by atoms with van der Waals surface area (Å²) in [7, 11) is 0. The first-order valence-electron chi connectivity index (χ1n) is 4.56. The molecule has 0 radical (unpaired) electrons. The number of carbonyl (C=O) groups is 1. The highest BCUT2D eigenvalue weighted by Crippen LogP contribution is 2.25. The van der Waals surface area contributed by atoms with E-state index >= 15 is 0 Å². The van der Waals surface area contributed by atoms with Crippen molar-refractivity contribution in [3.8, 4) is 0 Å². The molecule has 2 rings (SSSR count). The summed E-state index contributed by atoms with van der Waals surface area (Å²) in [6.45, 7) is 0. The van der Waals surface area contributed by atoms with Gasteiger partial charge in [-0.2, -0.15) is 0 Å². The third kappa shape index (κ3) is 3.55. The van der Waals surface area contributed by atoms with Crippen molar-refractivity contribution >= 4 is 67.3 Å². The predicted molar refractivity (Wildman–Crippen MR) is 76.7 cm³/mol. The maximum Gasteiger partial charge on any atom is 0.325 e. The lowest BCUT2D eigenvalue weighted by molar-refractivity contribution is 0.262. The predicted octanol–water partition coefficient (Wildman–Crippen LogP) is 4.25. The van der Waals surface area contributed by atoms with Crippen molar-refractivity contribution in [2.75, 3.05) is 10.6 Å². The van der Waals surface area contributed by atoms with Gasteiger partial charge in [0.25, 0.3) is 0 Å². The molecule has 2 N–H and O–H groups in total. The van der Waals surface area contributed by atoms with E-state index in [9.17, 15) is 4.79 Å². The number of urea groups is 1. The molecule has 5 nitrogen and oxygen atoms in total. The number of rotatable bonds is 2. The maximum absolute atomic E-state index is 11.6. The molecule has 1 heterocycles. The van der Waals surface area contributed by atoms with E-state index in [1.807, 2.05) is 0 Å². The van der Waals surface area contributed by atoms with Crippen LogP contribution in [0.3, 0.4) is 0 Å². The van der Waals surface area contributed by atoms with Crippen molar-refractivity contribution in [3.05, 3.63) is 32.2 Å². The Hall–Kier alpha value is -0.890. The molecule has 0 spiro atoms. The average Bonchev–Trinajstić information content (AvgIpc) is 2.69. The average molecular weight is 368 g/mol. The molecule has 0 fully saturated rings. The van der Waals surface area contributed by atoms with Crippen LogP contribution in [0, 0.1) is 0 Å². The van der Waals surface area contributed by atoms with E-state index in [2.05, 4.69) is 36.8 Å². The molecule has 0 bridgehead atoms. The zero-order valence-electron chi connectivity index (χ0n) is 8.58. The number of hydrogen-bond donors (Lipinski definition) is 2. The van der Waals surface area contributed by atoms with Crippen molar-refractivity contribution in [1.29, 1.82) is 0 Å². The summed E-state index contributed by atoms with van der Waals surface area (Å²) in [6.07, 6.45) is 0. The molecule has 0 unspecified atom stereocenters. The van der Waals surface area contributed by atoms with Crippen LogP contribution >= 0.6 is 50.5 Å². The van der Waals surface area contributed by atoms with Crippen LogP contribution < -0.4 is 10.6 Å². The minimum Gasteiger partial charge on any atom is -0.308 e. The first-order valence-corrected chi connectivity index (χ1v) is 6.93. The standard InChI is InChI=1S/C9H5BrCl2N4OS/c10-7-15-16-9(18-7)14-8(17)13-4-1-2-5(11)6(12)3-4/h1-3H,(H2,13,14,16,17). The normalized spacial score (nSPS) is 10.2. The summed E-state index contributed by atoms with van der Waals surface area (Å²) >= 11 is 16.0. The van der Waals surface area contributed by atoms with Crippen LogP contribution in [0.25, 0.3) is 0 Å². The molecule has 2 aromatic rings. The Morgan fingerprint density at radius 2 is 2.00 bits per heavy atom. The highest BCUT2D eigenvalue weighted by Gasteiger charge is 2.07. The molecule has 0 aliphatic rings. The van der Waals surface area contributed by atoms with Crippen molar-refractivity contribution in [3.63, 3.8) is 0 Å². The molecular formula is C9H5BrCl2N4OS. The summed E-state index contributed by atoms with van der Waals surface area (Å²) in [5, 5.41) is 13.8. The molecule has 0 atom stereocenters. The van der Waals surface area contributed by atoms with Gasteiger partial charge in [0.2, 0.25) is 5.13 Å². The summed E-state index contributed by atoms with van der Waals surface area (Å²) in [5.41, 5.74) is 0.533. The van der Waals surface area contributed by atoms with E-state index in [-0.39, 0.29) is 0 Å². The van der Waals surface area contributed by atoms with Crippen LogP contribution in [-0.4, -0.2) is 16.2 Å². The molecule has 0 saturated heterocycles. The highest BCUT2D eigenvalue weighted by molar-refractivity contribution is 9.11. The van der Waals surface area contributed by atoms with Gasteiger partial charge in [-0.25, -0.2) is 4.79 Å². The summed E-state index contributed by atoms with van der Waals surface area (Å²) in [5.74, 6) is 0. The summed E-state index contributed by atoms with van der Waals surface area (Å²) < 4.78 is 0.590. The second-order valence-corrected chi connectivity index (χ2v) is 6.14. The smallest absolute Gasteiger partial charge is 0.308 e. The second-order valence-electron chi connectivity index (χ2n) is 3.07.